The number of nitrogens with one attached hydrogen (secondary N) is 5. The van der Waals surface area contributed by atoms with Crippen LogP contribution in [0.2, 0.25) is 0 Å². The van der Waals surface area contributed by atoms with Crippen molar-refractivity contribution >= 4 is 35.5 Å². The Morgan fingerprint density at radius 3 is 1.79 bits per heavy atom. The Morgan fingerprint density at radius 1 is 0.737 bits per heavy atom. The lowest BCUT2D eigenvalue weighted by molar-refractivity contribution is -0.138. The van der Waals surface area contributed by atoms with E-state index in [4.69, 9.17) is 0 Å². The topological polar surface area (TPSA) is 183 Å². The van der Waals surface area contributed by atoms with Crippen LogP contribution in [0.5, 0.6) is 0 Å². The van der Waals surface area contributed by atoms with E-state index >= 15 is 0 Å². The summed E-state index contributed by atoms with van der Waals surface area (Å²) < 4.78 is 0. The van der Waals surface area contributed by atoms with Crippen molar-refractivity contribution in [1.82, 2.24) is 26.6 Å². The Balaban J connectivity index is 2.45. The standard InChI is InChI=1S/C26H37N5O7/c1-14(2)12-19-26(38)29-18(10-11-21(32)33)24(36)31-20(13-17-8-6-5-7-9-17)25(37)28-15(3)22(34)27-16(4)23(35)30-19/h5-9,14-16,18-20H,10-13H2,1-4H3,(H,27,34)(H,28,37)(H,29,38)(H,30,35)(H,31,36)(H,32,33)/t15-,16-,18-,19-,20-/m0/s1. The van der Waals surface area contributed by atoms with E-state index in [1.54, 1.807) is 30.3 Å². The number of carbonyl (C=O) groups excluding carboxylic acids is 5. The molecule has 12 heteroatoms. The van der Waals surface area contributed by atoms with E-state index in [0.717, 1.165) is 5.56 Å². The first-order chi connectivity index (χ1) is 17.9. The molecular weight excluding hydrogens is 494 g/mol. The highest BCUT2D eigenvalue weighted by Crippen LogP contribution is 2.09. The second-order valence-electron chi connectivity index (χ2n) is 9.90. The van der Waals surface area contributed by atoms with Crippen molar-refractivity contribution in [3.8, 4) is 0 Å². The van der Waals surface area contributed by atoms with Gasteiger partial charge in [0.05, 0.1) is 0 Å². The quantitative estimate of drug-likeness (QED) is 0.277. The summed E-state index contributed by atoms with van der Waals surface area (Å²) in [5.41, 5.74) is 0.731. The van der Waals surface area contributed by atoms with Crippen molar-refractivity contribution in [2.75, 3.05) is 0 Å². The summed E-state index contributed by atoms with van der Waals surface area (Å²) in [5.74, 6) is -4.51. The van der Waals surface area contributed by atoms with E-state index in [-0.39, 0.29) is 25.2 Å². The second-order valence-corrected chi connectivity index (χ2v) is 9.90. The molecule has 2 rings (SSSR count). The van der Waals surface area contributed by atoms with Gasteiger partial charge in [-0.2, -0.15) is 0 Å². The fourth-order valence-corrected chi connectivity index (χ4v) is 3.92. The van der Waals surface area contributed by atoms with Crippen LogP contribution in [0.25, 0.3) is 0 Å². The molecule has 38 heavy (non-hydrogen) atoms. The van der Waals surface area contributed by atoms with Gasteiger partial charge in [0, 0.05) is 12.8 Å². The molecule has 1 fully saturated rings. The molecule has 5 amide bonds. The monoisotopic (exact) mass is 531 g/mol. The number of aliphatic carboxylic acids is 1. The Kier molecular flexibility index (Phi) is 11.2. The lowest BCUT2D eigenvalue weighted by Crippen LogP contribution is -2.58. The van der Waals surface area contributed by atoms with Crippen molar-refractivity contribution in [2.24, 2.45) is 5.92 Å². The Labute approximate surface area is 221 Å². The average Bonchev–Trinajstić information content (AvgIpc) is 2.84. The molecule has 1 aromatic carbocycles. The Morgan fingerprint density at radius 2 is 1.21 bits per heavy atom. The molecule has 1 aliphatic rings. The first-order valence-corrected chi connectivity index (χ1v) is 12.6. The van der Waals surface area contributed by atoms with Crippen LogP contribution < -0.4 is 26.6 Å². The molecule has 0 aliphatic carbocycles. The van der Waals surface area contributed by atoms with Gasteiger partial charge in [0.1, 0.15) is 30.2 Å². The van der Waals surface area contributed by atoms with Crippen LogP contribution in [0.4, 0.5) is 0 Å². The van der Waals surface area contributed by atoms with Crippen molar-refractivity contribution in [2.45, 2.75) is 83.6 Å². The molecule has 0 bridgehead atoms. The van der Waals surface area contributed by atoms with Crippen LogP contribution in [0.1, 0.15) is 52.5 Å². The van der Waals surface area contributed by atoms with Gasteiger partial charge in [-0.05, 0) is 38.2 Å². The number of rotatable bonds is 7. The summed E-state index contributed by atoms with van der Waals surface area (Å²) in [6.07, 6.45) is -0.333. The normalized spacial score (nSPS) is 25.7. The minimum Gasteiger partial charge on any atom is -0.481 e. The lowest BCUT2D eigenvalue weighted by Gasteiger charge is -2.26. The first-order valence-electron chi connectivity index (χ1n) is 12.6. The van der Waals surface area contributed by atoms with E-state index < -0.39 is 72.1 Å². The number of carboxylic acids is 1. The van der Waals surface area contributed by atoms with Crippen LogP contribution >= 0.6 is 0 Å². The van der Waals surface area contributed by atoms with Gasteiger partial charge in [-0.15, -0.1) is 0 Å². The third-order valence-corrected chi connectivity index (χ3v) is 6.04. The van der Waals surface area contributed by atoms with Gasteiger partial charge >= 0.3 is 5.97 Å². The van der Waals surface area contributed by atoms with Gasteiger partial charge in [0.25, 0.3) is 0 Å². The summed E-state index contributed by atoms with van der Waals surface area (Å²) in [5, 5.41) is 22.0. The molecule has 0 spiro atoms. The van der Waals surface area contributed by atoms with Gasteiger partial charge in [-0.1, -0.05) is 44.2 Å². The van der Waals surface area contributed by atoms with Gasteiger partial charge < -0.3 is 31.7 Å². The van der Waals surface area contributed by atoms with Crippen LogP contribution in [0.3, 0.4) is 0 Å². The summed E-state index contributed by atoms with van der Waals surface area (Å²) >= 11 is 0. The Hall–Kier alpha value is -3.96. The summed E-state index contributed by atoms with van der Waals surface area (Å²) in [6.45, 7) is 6.59. The molecule has 1 heterocycles. The molecular formula is C26H37N5O7. The number of carbonyl (C=O) groups is 6. The summed E-state index contributed by atoms with van der Waals surface area (Å²) in [6, 6.07) is 3.38. The SMILES string of the molecule is CC(C)C[C@@H]1NC(=O)[C@H](C)NC(=O)[C@H](C)NC(=O)[C@H](Cc2ccccc2)NC(=O)[C@H](CCC(=O)O)NC1=O. The minimum absolute atomic E-state index is 0.0126. The molecule has 0 unspecified atom stereocenters. The molecule has 6 N–H and O–H groups in total. The maximum absolute atomic E-state index is 13.3. The van der Waals surface area contributed by atoms with Gasteiger partial charge in [-0.3, -0.25) is 28.8 Å². The van der Waals surface area contributed by atoms with E-state index in [9.17, 15) is 33.9 Å². The lowest BCUT2D eigenvalue weighted by atomic mass is 10.0. The van der Waals surface area contributed by atoms with E-state index in [2.05, 4.69) is 26.6 Å². The molecule has 208 valence electrons. The van der Waals surface area contributed by atoms with Crippen molar-refractivity contribution in [1.29, 1.82) is 0 Å². The molecule has 0 saturated carbocycles. The molecule has 0 aromatic heterocycles. The van der Waals surface area contributed by atoms with Crippen LogP contribution in [0.15, 0.2) is 30.3 Å². The van der Waals surface area contributed by atoms with Crippen LogP contribution in [-0.2, 0) is 35.2 Å². The smallest absolute Gasteiger partial charge is 0.303 e. The molecule has 1 aliphatic heterocycles. The van der Waals surface area contributed by atoms with E-state index in [1.807, 2.05) is 13.8 Å². The van der Waals surface area contributed by atoms with Crippen molar-refractivity contribution in [3.63, 3.8) is 0 Å². The second kappa shape index (κ2) is 14.1. The third-order valence-electron chi connectivity index (χ3n) is 6.04. The fraction of sp³-hybridized carbons (Fsp3) is 0.538. The highest BCUT2D eigenvalue weighted by Gasteiger charge is 2.33. The highest BCUT2D eigenvalue weighted by atomic mass is 16.4. The number of hydrogen-bond donors (Lipinski definition) is 6. The molecule has 1 saturated heterocycles. The van der Waals surface area contributed by atoms with E-state index in [0.29, 0.717) is 0 Å². The zero-order chi connectivity index (χ0) is 28.4. The molecule has 0 radical (unpaired) electrons. The fourth-order valence-electron chi connectivity index (χ4n) is 3.92. The molecule has 5 atom stereocenters. The highest BCUT2D eigenvalue weighted by molar-refractivity contribution is 5.97. The maximum Gasteiger partial charge on any atom is 0.303 e. The third kappa shape index (κ3) is 9.49. The average molecular weight is 532 g/mol. The number of benzene rings is 1. The zero-order valence-corrected chi connectivity index (χ0v) is 22.1. The van der Waals surface area contributed by atoms with Crippen molar-refractivity contribution < 1.29 is 33.9 Å². The minimum atomic E-state index is -1.28. The summed E-state index contributed by atoms with van der Waals surface area (Å²) in [7, 11) is 0. The largest absolute Gasteiger partial charge is 0.481 e. The molecule has 12 nitrogen and oxygen atoms in total. The zero-order valence-electron chi connectivity index (χ0n) is 22.1. The number of hydrogen-bond acceptors (Lipinski definition) is 6. The predicted molar refractivity (Wildman–Crippen MR) is 137 cm³/mol. The van der Waals surface area contributed by atoms with Crippen LogP contribution in [-0.4, -0.2) is 70.8 Å². The Bertz CT molecular complexity index is 1030. The first kappa shape index (κ1) is 30.3. The predicted octanol–water partition coefficient (Wildman–Crippen LogP) is -0.383. The molecule has 1 aromatic rings. The number of amides is 5. The van der Waals surface area contributed by atoms with Gasteiger partial charge in [0.2, 0.25) is 29.5 Å². The van der Waals surface area contributed by atoms with Crippen molar-refractivity contribution in [3.05, 3.63) is 35.9 Å². The van der Waals surface area contributed by atoms with E-state index in [1.165, 1.54) is 13.8 Å². The van der Waals surface area contributed by atoms with Gasteiger partial charge in [0.15, 0.2) is 0 Å². The maximum atomic E-state index is 13.3. The van der Waals surface area contributed by atoms with Gasteiger partial charge in [-0.25, -0.2) is 0 Å². The summed E-state index contributed by atoms with van der Waals surface area (Å²) in [4.78, 5) is 76.3. The number of carboxylic acid groups (broad SMARTS) is 1. The van der Waals surface area contributed by atoms with Crippen LogP contribution in [0, 0.1) is 5.92 Å².